The molecule has 2 aromatic rings. The number of ketones is 1. The van der Waals surface area contributed by atoms with Crippen LogP contribution in [0.2, 0.25) is 0 Å². The molecule has 0 saturated carbocycles. The number of hydrogen-bond donors (Lipinski definition) is 4. The Bertz CT molecular complexity index is 1270. The Morgan fingerprint density at radius 1 is 0.810 bits per heavy atom. The molecule has 3 atom stereocenters. The van der Waals surface area contributed by atoms with Crippen molar-refractivity contribution in [1.82, 2.24) is 16.0 Å². The number of esters is 1. The van der Waals surface area contributed by atoms with Crippen LogP contribution in [-0.2, 0) is 35.1 Å². The minimum atomic E-state index is -1.50. The molecule has 11 heteroatoms. The van der Waals surface area contributed by atoms with Crippen molar-refractivity contribution >= 4 is 35.4 Å². The first kappa shape index (κ1) is 33.7. The number of ether oxygens (including phenoxy) is 1. The fraction of sp³-hybridized carbons (Fsp3) is 0.419. The third kappa shape index (κ3) is 10.5. The Kier molecular flexibility index (Phi) is 12.9. The van der Waals surface area contributed by atoms with Crippen molar-refractivity contribution in [2.75, 3.05) is 6.61 Å². The van der Waals surface area contributed by atoms with Gasteiger partial charge in [-0.1, -0.05) is 62.4 Å². The molecule has 2 aromatic carbocycles. The lowest BCUT2D eigenvalue weighted by atomic mass is 10.0. The van der Waals surface area contributed by atoms with Crippen LogP contribution in [0.1, 0.15) is 60.7 Å². The third-order valence-electron chi connectivity index (χ3n) is 6.62. The van der Waals surface area contributed by atoms with Gasteiger partial charge >= 0.3 is 11.9 Å². The molecule has 4 N–H and O–H groups in total. The number of aryl methyl sites for hydroxylation is 3. The lowest BCUT2D eigenvalue weighted by molar-refractivity contribution is -0.141. The van der Waals surface area contributed by atoms with Crippen LogP contribution < -0.4 is 16.0 Å². The normalized spacial score (nSPS) is 12.9. The number of carboxylic acid groups (broad SMARTS) is 1. The molecule has 2 rings (SSSR count). The van der Waals surface area contributed by atoms with Gasteiger partial charge in [-0.15, -0.1) is 0 Å². The molecule has 0 bridgehead atoms. The second kappa shape index (κ2) is 16.0. The number of benzene rings is 2. The second-order valence-corrected chi connectivity index (χ2v) is 10.5. The highest BCUT2D eigenvalue weighted by atomic mass is 16.5. The minimum absolute atomic E-state index is 0.170. The van der Waals surface area contributed by atoms with Gasteiger partial charge in [-0.3, -0.25) is 24.0 Å². The van der Waals surface area contributed by atoms with Crippen molar-refractivity contribution in [3.05, 3.63) is 70.8 Å². The van der Waals surface area contributed by atoms with Crippen molar-refractivity contribution in [3.63, 3.8) is 0 Å². The summed E-state index contributed by atoms with van der Waals surface area (Å²) in [6.07, 6.45) is -0.0847. The second-order valence-electron chi connectivity index (χ2n) is 10.5. The average molecular weight is 582 g/mol. The Morgan fingerprint density at radius 3 is 2.00 bits per heavy atom. The van der Waals surface area contributed by atoms with Gasteiger partial charge < -0.3 is 25.8 Å². The molecule has 0 aliphatic heterocycles. The molecule has 0 heterocycles. The molecule has 42 heavy (non-hydrogen) atoms. The van der Waals surface area contributed by atoms with Crippen molar-refractivity contribution in [1.29, 1.82) is 0 Å². The van der Waals surface area contributed by atoms with Crippen LogP contribution in [0.25, 0.3) is 0 Å². The van der Waals surface area contributed by atoms with Crippen LogP contribution in [0.5, 0.6) is 0 Å². The molecular formula is C31H39N3O8. The van der Waals surface area contributed by atoms with Crippen LogP contribution in [0, 0.1) is 19.8 Å². The molecule has 0 aromatic heterocycles. The smallest absolute Gasteiger partial charge is 0.339 e. The summed E-state index contributed by atoms with van der Waals surface area (Å²) in [6.45, 7) is 7.53. The Labute approximate surface area is 245 Å². The van der Waals surface area contributed by atoms with E-state index in [4.69, 9.17) is 4.74 Å². The standard InChI is InChI=1S/C31H39N3O8/c1-18(2)28(34-25(36)15-14-22-12-7-6-8-13-22)30(40)32-21(5)29(39)33-23(16-26(37)38)24(35)17-42-31(41)27-19(3)10-9-11-20(27)4/h6-13,18,21,23,28H,14-17H2,1-5H3,(H,32,40)(H,33,39)(H,34,36)(H,37,38)/t21-,23-,28-/m0/s1. The Morgan fingerprint density at radius 2 is 1.43 bits per heavy atom. The molecule has 3 amide bonds. The fourth-order valence-electron chi connectivity index (χ4n) is 4.21. The van der Waals surface area contributed by atoms with Gasteiger partial charge in [0.15, 0.2) is 12.4 Å². The van der Waals surface area contributed by atoms with Gasteiger partial charge in [0.2, 0.25) is 17.7 Å². The maximum Gasteiger partial charge on any atom is 0.339 e. The Balaban J connectivity index is 1.97. The fourth-order valence-corrected chi connectivity index (χ4v) is 4.21. The zero-order valence-electron chi connectivity index (χ0n) is 24.6. The summed E-state index contributed by atoms with van der Waals surface area (Å²) in [4.78, 5) is 75.0. The highest BCUT2D eigenvalue weighted by Gasteiger charge is 2.30. The number of Topliss-reactive ketones (excluding diaryl/α,β-unsaturated/α-hetero) is 1. The quantitative estimate of drug-likeness (QED) is 0.232. The van der Waals surface area contributed by atoms with Crippen LogP contribution in [0.4, 0.5) is 0 Å². The molecule has 0 fully saturated rings. The number of rotatable bonds is 15. The molecule has 0 saturated heterocycles. The zero-order chi connectivity index (χ0) is 31.4. The van der Waals surface area contributed by atoms with Gasteiger partial charge in [0.1, 0.15) is 18.1 Å². The summed E-state index contributed by atoms with van der Waals surface area (Å²) in [6, 6.07) is 11.0. The largest absolute Gasteiger partial charge is 0.481 e. The maximum absolute atomic E-state index is 12.9. The molecule has 11 nitrogen and oxygen atoms in total. The highest BCUT2D eigenvalue weighted by molar-refractivity contribution is 5.98. The van der Waals surface area contributed by atoms with Gasteiger partial charge in [-0.2, -0.15) is 0 Å². The van der Waals surface area contributed by atoms with E-state index in [1.165, 1.54) is 6.92 Å². The number of carbonyl (C=O) groups is 6. The van der Waals surface area contributed by atoms with E-state index in [0.29, 0.717) is 23.1 Å². The van der Waals surface area contributed by atoms with E-state index in [1.807, 2.05) is 30.3 Å². The summed E-state index contributed by atoms with van der Waals surface area (Å²) in [5.74, 6) is -4.97. The predicted octanol–water partition coefficient (Wildman–Crippen LogP) is 2.27. The maximum atomic E-state index is 12.9. The first-order valence-corrected chi connectivity index (χ1v) is 13.7. The van der Waals surface area contributed by atoms with E-state index in [2.05, 4.69) is 16.0 Å². The van der Waals surface area contributed by atoms with E-state index in [-0.39, 0.29) is 18.2 Å². The first-order chi connectivity index (χ1) is 19.8. The number of amides is 3. The number of carbonyl (C=O) groups excluding carboxylic acids is 5. The number of aliphatic carboxylic acids is 1. The van der Waals surface area contributed by atoms with Crippen molar-refractivity contribution < 1.29 is 38.6 Å². The lowest BCUT2D eigenvalue weighted by Crippen LogP contribution is -2.56. The molecule has 226 valence electrons. The minimum Gasteiger partial charge on any atom is -0.481 e. The summed E-state index contributed by atoms with van der Waals surface area (Å²) in [7, 11) is 0. The Hall–Kier alpha value is -4.54. The highest BCUT2D eigenvalue weighted by Crippen LogP contribution is 2.15. The summed E-state index contributed by atoms with van der Waals surface area (Å²) >= 11 is 0. The lowest BCUT2D eigenvalue weighted by Gasteiger charge is -2.25. The number of carboxylic acids is 1. The van der Waals surface area contributed by atoms with Crippen molar-refractivity contribution in [3.8, 4) is 0 Å². The predicted molar refractivity (Wildman–Crippen MR) is 155 cm³/mol. The SMILES string of the molecule is Cc1cccc(C)c1C(=O)OCC(=O)[C@H](CC(=O)O)NC(=O)[C@H](C)NC(=O)[C@@H](NC(=O)CCc1ccccc1)C(C)C. The molecule has 0 unspecified atom stereocenters. The van der Waals surface area contributed by atoms with Gasteiger partial charge in [0, 0.05) is 6.42 Å². The van der Waals surface area contributed by atoms with Crippen LogP contribution in [-0.4, -0.2) is 65.3 Å². The third-order valence-corrected chi connectivity index (χ3v) is 6.62. The summed E-state index contributed by atoms with van der Waals surface area (Å²) in [5, 5.41) is 16.8. The van der Waals surface area contributed by atoms with Crippen LogP contribution in [0.3, 0.4) is 0 Å². The van der Waals surface area contributed by atoms with Crippen LogP contribution >= 0.6 is 0 Å². The zero-order valence-corrected chi connectivity index (χ0v) is 24.6. The average Bonchev–Trinajstić information content (AvgIpc) is 2.93. The molecule has 0 aliphatic carbocycles. The topological polar surface area (TPSA) is 168 Å². The van der Waals surface area contributed by atoms with E-state index in [0.717, 1.165) is 5.56 Å². The van der Waals surface area contributed by atoms with Gasteiger partial charge in [-0.25, -0.2) is 4.79 Å². The van der Waals surface area contributed by atoms with Crippen LogP contribution in [0.15, 0.2) is 48.5 Å². The van der Waals surface area contributed by atoms with Gasteiger partial charge in [0.05, 0.1) is 12.0 Å². The molecule has 0 aliphatic rings. The first-order valence-electron chi connectivity index (χ1n) is 13.7. The summed E-state index contributed by atoms with van der Waals surface area (Å²) in [5.41, 5.74) is 2.58. The number of nitrogens with one attached hydrogen (secondary N) is 3. The van der Waals surface area contributed by atoms with E-state index in [1.54, 1.807) is 45.9 Å². The van der Waals surface area contributed by atoms with E-state index < -0.39 is 60.7 Å². The van der Waals surface area contributed by atoms with Gasteiger partial charge in [-0.05, 0) is 49.8 Å². The van der Waals surface area contributed by atoms with E-state index >= 15 is 0 Å². The molecule has 0 radical (unpaired) electrons. The van der Waals surface area contributed by atoms with Crippen molar-refractivity contribution in [2.45, 2.75) is 72.0 Å². The van der Waals surface area contributed by atoms with Gasteiger partial charge in [0.25, 0.3) is 0 Å². The summed E-state index contributed by atoms with van der Waals surface area (Å²) < 4.78 is 5.12. The van der Waals surface area contributed by atoms with Crippen molar-refractivity contribution in [2.24, 2.45) is 5.92 Å². The number of hydrogen-bond acceptors (Lipinski definition) is 7. The monoisotopic (exact) mass is 581 g/mol. The molecule has 0 spiro atoms. The van der Waals surface area contributed by atoms with E-state index in [9.17, 15) is 33.9 Å². The molecular weight excluding hydrogens is 542 g/mol.